The molecular formula is C20H18FN3OS2. The van der Waals surface area contributed by atoms with E-state index in [0.29, 0.717) is 22.5 Å². The van der Waals surface area contributed by atoms with Gasteiger partial charge in [0.2, 0.25) is 0 Å². The van der Waals surface area contributed by atoms with Gasteiger partial charge in [0.1, 0.15) is 11.6 Å². The van der Waals surface area contributed by atoms with Crippen LogP contribution in [0, 0.1) is 5.82 Å². The van der Waals surface area contributed by atoms with Crippen molar-refractivity contribution in [3.63, 3.8) is 0 Å². The molecule has 2 N–H and O–H groups in total. The van der Waals surface area contributed by atoms with Gasteiger partial charge >= 0.3 is 0 Å². The molecule has 1 amide bonds. The Hall–Kier alpha value is -2.25. The maximum atomic E-state index is 13.0. The second-order valence-corrected chi connectivity index (χ2v) is 8.85. The first-order valence-electron chi connectivity index (χ1n) is 8.60. The van der Waals surface area contributed by atoms with Crippen molar-refractivity contribution in [2.24, 2.45) is 0 Å². The zero-order chi connectivity index (χ0) is 18.6. The monoisotopic (exact) mass is 399 g/mol. The van der Waals surface area contributed by atoms with Crippen molar-refractivity contribution in [3.05, 3.63) is 77.5 Å². The number of amides is 1. The third-order valence-corrected chi connectivity index (χ3v) is 7.37. The summed E-state index contributed by atoms with van der Waals surface area (Å²) < 4.78 is 13.5. The molecule has 1 aromatic heterocycles. The minimum Gasteiger partial charge on any atom is -0.345 e. The summed E-state index contributed by atoms with van der Waals surface area (Å²) in [5.74, 6) is 2.61. The fourth-order valence-electron chi connectivity index (χ4n) is 2.84. The zero-order valence-electron chi connectivity index (χ0n) is 14.4. The largest absolute Gasteiger partial charge is 0.345 e. The van der Waals surface area contributed by atoms with Crippen LogP contribution in [0.4, 0.5) is 4.39 Å². The van der Waals surface area contributed by atoms with E-state index in [0.717, 1.165) is 11.3 Å². The van der Waals surface area contributed by atoms with Gasteiger partial charge in [0.15, 0.2) is 0 Å². The molecule has 0 atom stereocenters. The Labute approximate surface area is 165 Å². The number of carbonyl (C=O) groups is 1. The van der Waals surface area contributed by atoms with E-state index < -0.39 is 0 Å². The van der Waals surface area contributed by atoms with E-state index in [4.69, 9.17) is 0 Å². The Balaban J connectivity index is 1.35. The van der Waals surface area contributed by atoms with Gasteiger partial charge in [-0.3, -0.25) is 4.79 Å². The molecule has 1 aliphatic heterocycles. The van der Waals surface area contributed by atoms with Gasteiger partial charge in [-0.15, -0.1) is 23.5 Å². The van der Waals surface area contributed by atoms with Crippen LogP contribution in [0.1, 0.15) is 26.3 Å². The smallest absolute Gasteiger partial charge is 0.251 e. The fourth-order valence-corrected chi connectivity index (χ4v) is 5.70. The van der Waals surface area contributed by atoms with E-state index in [-0.39, 0.29) is 11.7 Å². The van der Waals surface area contributed by atoms with E-state index in [1.807, 2.05) is 47.8 Å². The summed E-state index contributed by atoms with van der Waals surface area (Å²) in [7, 11) is 0. The highest BCUT2D eigenvalue weighted by Gasteiger charge is 2.18. The molecule has 27 heavy (non-hydrogen) atoms. The number of carbonyl (C=O) groups excluding carboxylic acids is 1. The Kier molecular flexibility index (Phi) is 5.50. The SMILES string of the molecule is O=C(NCc1ncc(-c2ccc(F)cc2)[nH]1)c1ccc(C2SCCS2)cc1. The van der Waals surface area contributed by atoms with Crippen molar-refractivity contribution in [1.82, 2.24) is 15.3 Å². The average molecular weight is 400 g/mol. The van der Waals surface area contributed by atoms with Gasteiger partial charge in [-0.25, -0.2) is 9.37 Å². The molecule has 3 aromatic rings. The van der Waals surface area contributed by atoms with Crippen LogP contribution in [0.25, 0.3) is 11.3 Å². The van der Waals surface area contributed by atoms with Crippen LogP contribution in [-0.2, 0) is 6.54 Å². The lowest BCUT2D eigenvalue weighted by Gasteiger charge is -2.09. The van der Waals surface area contributed by atoms with Crippen LogP contribution < -0.4 is 5.32 Å². The Morgan fingerprint density at radius 1 is 1.11 bits per heavy atom. The van der Waals surface area contributed by atoms with Gasteiger partial charge < -0.3 is 10.3 Å². The van der Waals surface area contributed by atoms with Crippen LogP contribution in [-0.4, -0.2) is 27.4 Å². The van der Waals surface area contributed by atoms with Gasteiger partial charge in [0, 0.05) is 17.1 Å². The lowest BCUT2D eigenvalue weighted by Crippen LogP contribution is -2.23. The summed E-state index contributed by atoms with van der Waals surface area (Å²) >= 11 is 3.90. The molecule has 0 saturated carbocycles. The Morgan fingerprint density at radius 3 is 2.52 bits per heavy atom. The third-order valence-electron chi connectivity index (χ3n) is 4.27. The summed E-state index contributed by atoms with van der Waals surface area (Å²) in [5.41, 5.74) is 3.53. The quantitative estimate of drug-likeness (QED) is 0.657. The van der Waals surface area contributed by atoms with E-state index >= 15 is 0 Å². The maximum absolute atomic E-state index is 13.0. The molecule has 7 heteroatoms. The number of nitrogens with one attached hydrogen (secondary N) is 2. The van der Waals surface area contributed by atoms with Crippen molar-refractivity contribution in [2.75, 3.05) is 11.5 Å². The number of aromatic nitrogens is 2. The molecule has 2 heterocycles. The van der Waals surface area contributed by atoms with Gasteiger partial charge in [0.25, 0.3) is 5.91 Å². The highest BCUT2D eigenvalue weighted by molar-refractivity contribution is 8.19. The number of aromatic amines is 1. The normalized spacial score (nSPS) is 14.4. The first kappa shape index (κ1) is 18.1. The van der Waals surface area contributed by atoms with Gasteiger partial charge in [-0.1, -0.05) is 12.1 Å². The van der Waals surface area contributed by atoms with Crippen molar-refractivity contribution in [1.29, 1.82) is 0 Å². The van der Waals surface area contributed by atoms with E-state index in [9.17, 15) is 9.18 Å². The van der Waals surface area contributed by atoms with Crippen LogP contribution >= 0.6 is 23.5 Å². The Morgan fingerprint density at radius 2 is 1.81 bits per heavy atom. The average Bonchev–Trinajstić information content (AvgIpc) is 3.39. The highest BCUT2D eigenvalue weighted by atomic mass is 32.2. The van der Waals surface area contributed by atoms with Crippen molar-refractivity contribution >= 4 is 29.4 Å². The number of nitrogens with zero attached hydrogens (tertiary/aromatic N) is 1. The topological polar surface area (TPSA) is 57.8 Å². The summed E-state index contributed by atoms with van der Waals surface area (Å²) in [6.45, 7) is 0.302. The standard InChI is InChI=1S/C20H18FN3OS2/c21-16-7-5-13(6-8-16)17-11-22-18(24-17)12-23-19(25)14-1-3-15(4-2-14)20-26-9-10-27-20/h1-8,11,20H,9-10,12H2,(H,22,24)(H,23,25). The molecule has 0 aliphatic carbocycles. The molecule has 1 fully saturated rings. The number of halogens is 1. The van der Waals surface area contributed by atoms with Gasteiger partial charge in [0.05, 0.1) is 23.0 Å². The number of H-pyrrole nitrogens is 1. The number of thioether (sulfide) groups is 2. The molecule has 0 unspecified atom stereocenters. The molecule has 0 radical (unpaired) electrons. The lowest BCUT2D eigenvalue weighted by molar-refractivity contribution is 0.0950. The molecule has 0 spiro atoms. The van der Waals surface area contributed by atoms with Gasteiger partial charge in [-0.05, 0) is 47.5 Å². The molecule has 0 bridgehead atoms. The zero-order valence-corrected chi connectivity index (χ0v) is 16.1. The summed E-state index contributed by atoms with van der Waals surface area (Å²) in [6, 6.07) is 14.0. The number of rotatable bonds is 5. The van der Waals surface area contributed by atoms with Crippen molar-refractivity contribution in [3.8, 4) is 11.3 Å². The van der Waals surface area contributed by atoms with Gasteiger partial charge in [-0.2, -0.15) is 0 Å². The number of hydrogen-bond acceptors (Lipinski definition) is 4. The minimum atomic E-state index is -0.276. The van der Waals surface area contributed by atoms with Crippen LogP contribution in [0.5, 0.6) is 0 Å². The molecule has 4 rings (SSSR count). The second kappa shape index (κ2) is 8.19. The predicted octanol–water partition coefficient (Wildman–Crippen LogP) is 4.62. The first-order valence-corrected chi connectivity index (χ1v) is 10.7. The lowest BCUT2D eigenvalue weighted by atomic mass is 10.1. The van der Waals surface area contributed by atoms with Crippen LogP contribution in [0.2, 0.25) is 0 Å². The number of benzene rings is 2. The van der Waals surface area contributed by atoms with Crippen molar-refractivity contribution in [2.45, 2.75) is 11.1 Å². The molecule has 1 saturated heterocycles. The summed E-state index contributed by atoms with van der Waals surface area (Å²) in [4.78, 5) is 19.8. The van der Waals surface area contributed by atoms with E-state index in [2.05, 4.69) is 15.3 Å². The van der Waals surface area contributed by atoms with E-state index in [1.165, 1.54) is 29.2 Å². The number of hydrogen-bond donors (Lipinski definition) is 2. The molecule has 2 aromatic carbocycles. The molecule has 138 valence electrons. The third kappa shape index (κ3) is 4.36. The minimum absolute atomic E-state index is 0.131. The highest BCUT2D eigenvalue weighted by Crippen LogP contribution is 2.45. The maximum Gasteiger partial charge on any atom is 0.251 e. The van der Waals surface area contributed by atoms with E-state index in [1.54, 1.807) is 18.3 Å². The summed E-state index contributed by atoms with van der Waals surface area (Å²) in [6.07, 6.45) is 1.68. The number of imidazole rings is 1. The molecule has 1 aliphatic rings. The Bertz CT molecular complexity index is 919. The first-order chi connectivity index (χ1) is 13.2. The fraction of sp³-hybridized carbons (Fsp3) is 0.200. The van der Waals surface area contributed by atoms with Crippen molar-refractivity contribution < 1.29 is 9.18 Å². The molecular weight excluding hydrogens is 381 g/mol. The second-order valence-electron chi connectivity index (χ2n) is 6.13. The molecule has 4 nitrogen and oxygen atoms in total. The van der Waals surface area contributed by atoms with Crippen LogP contribution in [0.3, 0.4) is 0 Å². The summed E-state index contributed by atoms with van der Waals surface area (Å²) in [5, 5.41) is 2.88. The predicted molar refractivity (Wildman–Crippen MR) is 109 cm³/mol. The van der Waals surface area contributed by atoms with Crippen LogP contribution in [0.15, 0.2) is 54.7 Å².